The lowest BCUT2D eigenvalue weighted by Gasteiger charge is -2.39. The Morgan fingerprint density at radius 3 is 2.00 bits per heavy atom. The molecule has 0 bridgehead atoms. The number of rotatable bonds is 3. The first-order chi connectivity index (χ1) is 9.09. The van der Waals surface area contributed by atoms with E-state index in [1.807, 2.05) is 4.90 Å². The fourth-order valence-electron chi connectivity index (χ4n) is 3.36. The molecule has 1 unspecified atom stereocenters. The van der Waals surface area contributed by atoms with Gasteiger partial charge in [0.15, 0.2) is 0 Å². The van der Waals surface area contributed by atoms with Gasteiger partial charge in [0.2, 0.25) is 5.91 Å². The first kappa shape index (κ1) is 21.0. The van der Waals surface area contributed by atoms with Crippen LogP contribution in [0.25, 0.3) is 0 Å². The Kier molecular flexibility index (Phi) is 9.87. The monoisotopic (exact) mass is 339 g/mol. The van der Waals surface area contributed by atoms with Gasteiger partial charge in [-0.3, -0.25) is 9.69 Å². The van der Waals surface area contributed by atoms with Gasteiger partial charge in [0.25, 0.3) is 0 Å². The lowest BCUT2D eigenvalue weighted by Crippen LogP contribution is -2.56. The Hall–Kier alpha value is -0.0300. The normalized spacial score (nSPS) is 22.4. The third kappa shape index (κ3) is 5.59. The van der Waals surface area contributed by atoms with Crippen molar-refractivity contribution in [3.63, 3.8) is 0 Å². The van der Waals surface area contributed by atoms with E-state index in [1.54, 1.807) is 0 Å². The van der Waals surface area contributed by atoms with Crippen LogP contribution in [0.2, 0.25) is 0 Å². The number of carbonyl (C=O) groups is 1. The van der Waals surface area contributed by atoms with Crippen molar-refractivity contribution >= 4 is 30.7 Å². The van der Waals surface area contributed by atoms with Crippen molar-refractivity contribution in [1.29, 1.82) is 0 Å². The van der Waals surface area contributed by atoms with E-state index in [0.717, 1.165) is 39.0 Å². The second-order valence-electron chi connectivity index (χ2n) is 6.38. The number of hydrogen-bond donors (Lipinski definition) is 1. The molecule has 1 saturated heterocycles. The van der Waals surface area contributed by atoms with E-state index in [-0.39, 0.29) is 36.8 Å². The maximum atomic E-state index is 12.5. The van der Waals surface area contributed by atoms with Gasteiger partial charge in [0.1, 0.15) is 0 Å². The SMILES string of the molecule is CC(C)N1CCN(C(=O)C(N)C2CCCCC2)CC1.Cl.Cl. The molecule has 4 nitrogen and oxygen atoms in total. The quantitative estimate of drug-likeness (QED) is 0.858. The summed E-state index contributed by atoms with van der Waals surface area (Å²) < 4.78 is 0. The van der Waals surface area contributed by atoms with Crippen LogP contribution in [0.15, 0.2) is 0 Å². The molecule has 2 rings (SSSR count). The summed E-state index contributed by atoms with van der Waals surface area (Å²) >= 11 is 0. The zero-order valence-electron chi connectivity index (χ0n) is 13.3. The molecule has 0 radical (unpaired) electrons. The van der Waals surface area contributed by atoms with Gasteiger partial charge in [-0.15, -0.1) is 24.8 Å². The topological polar surface area (TPSA) is 49.6 Å². The predicted molar refractivity (Wildman–Crippen MR) is 92.3 cm³/mol. The summed E-state index contributed by atoms with van der Waals surface area (Å²) in [7, 11) is 0. The van der Waals surface area contributed by atoms with Gasteiger partial charge in [-0.1, -0.05) is 19.3 Å². The third-order valence-electron chi connectivity index (χ3n) is 4.80. The molecular formula is C15H31Cl2N3O. The maximum Gasteiger partial charge on any atom is 0.239 e. The number of hydrogen-bond acceptors (Lipinski definition) is 3. The molecule has 1 aliphatic heterocycles. The second kappa shape index (κ2) is 9.88. The first-order valence-electron chi connectivity index (χ1n) is 7.88. The summed E-state index contributed by atoms with van der Waals surface area (Å²) in [5.74, 6) is 0.611. The number of carbonyl (C=O) groups excluding carboxylic acids is 1. The summed E-state index contributed by atoms with van der Waals surface area (Å²) in [5.41, 5.74) is 6.21. The highest BCUT2D eigenvalue weighted by atomic mass is 35.5. The van der Waals surface area contributed by atoms with Crippen LogP contribution in [-0.4, -0.2) is 54.0 Å². The van der Waals surface area contributed by atoms with Crippen LogP contribution < -0.4 is 5.73 Å². The third-order valence-corrected chi connectivity index (χ3v) is 4.80. The van der Waals surface area contributed by atoms with Crippen molar-refractivity contribution in [3.8, 4) is 0 Å². The van der Waals surface area contributed by atoms with Crippen LogP contribution >= 0.6 is 24.8 Å². The van der Waals surface area contributed by atoms with E-state index in [0.29, 0.717) is 12.0 Å². The number of halogens is 2. The molecule has 1 saturated carbocycles. The summed E-state index contributed by atoms with van der Waals surface area (Å²) in [6.07, 6.45) is 6.07. The standard InChI is InChI=1S/C15H29N3O.2ClH/c1-12(2)17-8-10-18(11-9-17)15(19)14(16)13-6-4-3-5-7-13;;/h12-14H,3-11,16H2,1-2H3;2*1H. The van der Waals surface area contributed by atoms with Gasteiger partial charge in [0.05, 0.1) is 6.04 Å². The van der Waals surface area contributed by atoms with Gasteiger partial charge in [-0.25, -0.2) is 0 Å². The number of amides is 1. The Bertz CT molecular complexity index is 301. The summed E-state index contributed by atoms with van der Waals surface area (Å²) in [4.78, 5) is 16.9. The molecule has 0 aromatic rings. The van der Waals surface area contributed by atoms with Crippen molar-refractivity contribution in [2.24, 2.45) is 11.7 Å². The maximum absolute atomic E-state index is 12.5. The highest BCUT2D eigenvalue weighted by molar-refractivity contribution is 5.85. The van der Waals surface area contributed by atoms with Crippen molar-refractivity contribution < 1.29 is 4.79 Å². The van der Waals surface area contributed by atoms with E-state index in [1.165, 1.54) is 19.3 Å². The fraction of sp³-hybridized carbons (Fsp3) is 0.933. The minimum atomic E-state index is -0.258. The average Bonchev–Trinajstić information content (AvgIpc) is 2.46. The minimum Gasteiger partial charge on any atom is -0.339 e. The van der Waals surface area contributed by atoms with Gasteiger partial charge >= 0.3 is 0 Å². The van der Waals surface area contributed by atoms with Crippen LogP contribution in [0.5, 0.6) is 0 Å². The van der Waals surface area contributed by atoms with Gasteiger partial charge < -0.3 is 10.6 Å². The highest BCUT2D eigenvalue weighted by Gasteiger charge is 2.31. The molecule has 0 aromatic carbocycles. The Labute approximate surface area is 141 Å². The molecule has 21 heavy (non-hydrogen) atoms. The molecule has 2 N–H and O–H groups in total. The molecule has 6 heteroatoms. The summed E-state index contributed by atoms with van der Waals surface area (Å²) in [6.45, 7) is 8.09. The summed E-state index contributed by atoms with van der Waals surface area (Å²) in [6, 6.07) is 0.315. The molecule has 1 amide bonds. The van der Waals surface area contributed by atoms with Gasteiger partial charge in [-0.05, 0) is 32.6 Å². The van der Waals surface area contributed by atoms with Crippen LogP contribution in [-0.2, 0) is 4.79 Å². The lowest BCUT2D eigenvalue weighted by atomic mass is 9.83. The fourth-order valence-corrected chi connectivity index (χ4v) is 3.36. The average molecular weight is 340 g/mol. The number of nitrogens with zero attached hydrogens (tertiary/aromatic N) is 2. The van der Waals surface area contributed by atoms with E-state index in [9.17, 15) is 4.79 Å². The largest absolute Gasteiger partial charge is 0.339 e. The zero-order chi connectivity index (χ0) is 13.8. The smallest absolute Gasteiger partial charge is 0.239 e. The molecule has 0 aromatic heterocycles. The molecule has 1 heterocycles. The molecule has 0 spiro atoms. The van der Waals surface area contributed by atoms with E-state index in [2.05, 4.69) is 18.7 Å². The van der Waals surface area contributed by atoms with Crippen molar-refractivity contribution in [2.45, 2.75) is 58.0 Å². The molecule has 2 fully saturated rings. The van der Waals surface area contributed by atoms with Gasteiger partial charge in [0, 0.05) is 32.2 Å². The van der Waals surface area contributed by atoms with Crippen LogP contribution in [0.3, 0.4) is 0 Å². The molecule has 1 atom stereocenters. The second-order valence-corrected chi connectivity index (χ2v) is 6.38. The number of nitrogens with two attached hydrogens (primary N) is 1. The van der Waals surface area contributed by atoms with Gasteiger partial charge in [-0.2, -0.15) is 0 Å². The van der Waals surface area contributed by atoms with Crippen LogP contribution in [0, 0.1) is 5.92 Å². The zero-order valence-corrected chi connectivity index (χ0v) is 14.9. The van der Waals surface area contributed by atoms with Crippen molar-refractivity contribution in [2.75, 3.05) is 26.2 Å². The highest BCUT2D eigenvalue weighted by Crippen LogP contribution is 2.26. The Balaban J connectivity index is 0.00000200. The Morgan fingerprint density at radius 2 is 1.52 bits per heavy atom. The van der Waals surface area contributed by atoms with Crippen molar-refractivity contribution in [3.05, 3.63) is 0 Å². The van der Waals surface area contributed by atoms with E-state index >= 15 is 0 Å². The van der Waals surface area contributed by atoms with E-state index < -0.39 is 0 Å². The molecule has 2 aliphatic rings. The minimum absolute atomic E-state index is 0. The molecule has 126 valence electrons. The molecule has 1 aliphatic carbocycles. The number of piperazine rings is 1. The summed E-state index contributed by atoms with van der Waals surface area (Å²) in [5, 5.41) is 0. The lowest BCUT2D eigenvalue weighted by molar-refractivity contribution is -0.136. The first-order valence-corrected chi connectivity index (χ1v) is 7.88. The molecular weight excluding hydrogens is 309 g/mol. The predicted octanol–water partition coefficient (Wildman–Crippen LogP) is 2.29. The van der Waals surface area contributed by atoms with Crippen LogP contribution in [0.4, 0.5) is 0 Å². The Morgan fingerprint density at radius 1 is 1.00 bits per heavy atom. The van der Waals surface area contributed by atoms with Crippen molar-refractivity contribution in [1.82, 2.24) is 9.80 Å². The van der Waals surface area contributed by atoms with E-state index in [4.69, 9.17) is 5.73 Å². The van der Waals surface area contributed by atoms with Crippen LogP contribution in [0.1, 0.15) is 46.0 Å².